The Bertz CT molecular complexity index is 703. The Morgan fingerprint density at radius 3 is 2.61 bits per heavy atom. The number of piperidine rings is 1. The minimum Gasteiger partial charge on any atom is -0.394 e. The second-order valence-electron chi connectivity index (χ2n) is 9.90. The van der Waals surface area contributed by atoms with Gasteiger partial charge in [0.1, 0.15) is 0 Å². The summed E-state index contributed by atoms with van der Waals surface area (Å²) in [7, 11) is 0. The summed E-state index contributed by atoms with van der Waals surface area (Å²) in [4.78, 5) is 16.4. The second kappa shape index (κ2) is 11.1. The van der Waals surface area contributed by atoms with Gasteiger partial charge in [0.05, 0.1) is 24.3 Å². The van der Waals surface area contributed by atoms with Crippen LogP contribution in [0.5, 0.6) is 0 Å². The minimum absolute atomic E-state index is 0.0532. The Kier molecular flexibility index (Phi) is 8.82. The Hall–Kier alpha value is -1.12. The van der Waals surface area contributed by atoms with E-state index in [1.165, 1.54) is 25.7 Å². The predicted molar refractivity (Wildman–Crippen MR) is 126 cm³/mol. The largest absolute Gasteiger partial charge is 0.394 e. The second-order valence-corrected chi connectivity index (χ2v) is 11.0. The molecule has 1 saturated carbocycles. The first-order chi connectivity index (χ1) is 14.8. The average molecular weight is 450 g/mol. The van der Waals surface area contributed by atoms with E-state index in [4.69, 9.17) is 5.73 Å². The van der Waals surface area contributed by atoms with Crippen LogP contribution in [0.3, 0.4) is 0 Å². The number of β-amino-alcohol motifs (C(OH)–C–C–N with tert-alkyl or cyclic N) is 1. The average Bonchev–Trinajstić information content (AvgIpc) is 2.77. The van der Waals surface area contributed by atoms with E-state index in [9.17, 15) is 15.0 Å². The fraction of sp³-hybridized carbons (Fsp3) is 0.708. The molecule has 2 aliphatic rings. The Balaban J connectivity index is 1.63. The van der Waals surface area contributed by atoms with Crippen LogP contribution in [0.4, 0.5) is 0 Å². The third-order valence-electron chi connectivity index (χ3n) is 6.76. The van der Waals surface area contributed by atoms with E-state index in [-0.39, 0.29) is 24.6 Å². The van der Waals surface area contributed by atoms with Gasteiger partial charge in [-0.3, -0.25) is 9.69 Å². The van der Waals surface area contributed by atoms with Gasteiger partial charge in [0, 0.05) is 29.8 Å². The van der Waals surface area contributed by atoms with Crippen molar-refractivity contribution < 1.29 is 15.0 Å². The molecule has 3 rings (SSSR count). The van der Waals surface area contributed by atoms with Crippen molar-refractivity contribution >= 4 is 17.7 Å². The molecule has 0 radical (unpaired) electrons. The van der Waals surface area contributed by atoms with E-state index in [0.717, 1.165) is 17.9 Å². The molecule has 0 bridgehead atoms. The molecule has 5 N–H and O–H groups in total. The predicted octanol–water partition coefficient (Wildman–Crippen LogP) is 2.23. The number of carbonyl (C=O) groups excluding carboxylic acids is 1. The fourth-order valence-corrected chi connectivity index (χ4v) is 5.78. The molecule has 174 valence electrons. The van der Waals surface area contributed by atoms with Gasteiger partial charge < -0.3 is 21.3 Å². The van der Waals surface area contributed by atoms with E-state index in [2.05, 4.69) is 10.2 Å². The van der Waals surface area contributed by atoms with Gasteiger partial charge in [-0.1, -0.05) is 37.5 Å². The number of carbonyl (C=O) groups is 1. The first-order valence-electron chi connectivity index (χ1n) is 11.6. The van der Waals surface area contributed by atoms with Crippen LogP contribution in [0.15, 0.2) is 35.2 Å². The molecule has 1 saturated heterocycles. The minimum atomic E-state index is -0.697. The third kappa shape index (κ3) is 6.93. The molecule has 0 aromatic heterocycles. The first kappa shape index (κ1) is 24.5. The highest BCUT2D eigenvalue weighted by Gasteiger charge is 2.41. The summed E-state index contributed by atoms with van der Waals surface area (Å²) in [5, 5.41) is 23.5. The molecule has 31 heavy (non-hydrogen) atoms. The highest BCUT2D eigenvalue weighted by atomic mass is 32.2. The maximum absolute atomic E-state index is 13.1. The van der Waals surface area contributed by atoms with Gasteiger partial charge >= 0.3 is 0 Å². The quantitative estimate of drug-likeness (QED) is 0.432. The van der Waals surface area contributed by atoms with Crippen LogP contribution in [0.2, 0.25) is 0 Å². The van der Waals surface area contributed by atoms with E-state index < -0.39 is 11.6 Å². The Morgan fingerprint density at radius 2 is 1.94 bits per heavy atom. The maximum Gasteiger partial charge on any atom is 0.237 e. The third-order valence-corrected chi connectivity index (χ3v) is 7.92. The van der Waals surface area contributed by atoms with Gasteiger partial charge in [0.2, 0.25) is 5.91 Å². The smallest absolute Gasteiger partial charge is 0.237 e. The number of benzene rings is 1. The van der Waals surface area contributed by atoms with Gasteiger partial charge in [-0.05, 0) is 50.7 Å². The van der Waals surface area contributed by atoms with Crippen LogP contribution in [-0.4, -0.2) is 70.2 Å². The normalized spacial score (nSPS) is 26.7. The highest BCUT2D eigenvalue weighted by molar-refractivity contribution is 7.99. The van der Waals surface area contributed by atoms with E-state index in [1.807, 2.05) is 44.2 Å². The molecule has 1 heterocycles. The van der Waals surface area contributed by atoms with Crippen molar-refractivity contribution in [3.63, 3.8) is 0 Å². The van der Waals surface area contributed by atoms with E-state index in [0.29, 0.717) is 24.1 Å². The standard InChI is InChI=1S/C24H39N3O3S/c1-24(2,16-28)26-23(30)21-12-17-8-6-7-9-18(17)13-27(21)14-22(29)20(25)15-31-19-10-4-3-5-11-19/h3-5,10-11,17-18,20-22,28-29H,6-9,12-16,25H2,1-2H3,(H,26,30)/t17-,18+,20-,21-,22-/m0/s1. The van der Waals surface area contributed by atoms with Crippen molar-refractivity contribution in [1.82, 2.24) is 10.2 Å². The zero-order chi connectivity index (χ0) is 22.4. The number of hydrogen-bond acceptors (Lipinski definition) is 6. The lowest BCUT2D eigenvalue weighted by Crippen LogP contribution is -2.60. The molecular weight excluding hydrogens is 410 g/mol. The molecule has 7 heteroatoms. The van der Waals surface area contributed by atoms with Gasteiger partial charge in [0.25, 0.3) is 0 Å². The number of aliphatic hydroxyl groups is 2. The van der Waals surface area contributed by atoms with Crippen LogP contribution in [0.1, 0.15) is 46.0 Å². The fourth-order valence-electron chi connectivity index (χ4n) is 4.83. The number of amides is 1. The molecular formula is C24H39N3O3S. The molecule has 5 atom stereocenters. The molecule has 0 spiro atoms. The summed E-state index contributed by atoms with van der Waals surface area (Å²) in [6, 6.07) is 9.41. The number of likely N-dealkylation sites (tertiary alicyclic amines) is 1. The SMILES string of the molecule is CC(C)(CO)NC(=O)[C@@H]1C[C@@H]2CCCC[C@@H]2CN1C[C@H](O)[C@@H](N)CSc1ccccc1. The molecule has 1 aliphatic heterocycles. The summed E-state index contributed by atoms with van der Waals surface area (Å²) < 4.78 is 0. The highest BCUT2D eigenvalue weighted by Crippen LogP contribution is 2.38. The van der Waals surface area contributed by atoms with Crippen LogP contribution < -0.4 is 11.1 Å². The number of aliphatic hydroxyl groups excluding tert-OH is 2. The first-order valence-corrected chi connectivity index (χ1v) is 12.6. The van der Waals surface area contributed by atoms with Gasteiger partial charge in [-0.15, -0.1) is 11.8 Å². The van der Waals surface area contributed by atoms with Crippen molar-refractivity contribution in [1.29, 1.82) is 0 Å². The molecule has 1 aromatic carbocycles. The number of thioether (sulfide) groups is 1. The summed E-state index contributed by atoms with van der Waals surface area (Å²) in [6.45, 7) is 4.77. The molecule has 1 aliphatic carbocycles. The van der Waals surface area contributed by atoms with Crippen LogP contribution in [0, 0.1) is 11.8 Å². The number of nitrogens with one attached hydrogen (secondary N) is 1. The van der Waals surface area contributed by atoms with Crippen molar-refractivity contribution in [3.05, 3.63) is 30.3 Å². The molecule has 1 aromatic rings. The zero-order valence-electron chi connectivity index (χ0n) is 18.9. The number of nitrogens with two attached hydrogens (primary N) is 1. The zero-order valence-corrected chi connectivity index (χ0v) is 19.7. The molecule has 0 unspecified atom stereocenters. The van der Waals surface area contributed by atoms with Gasteiger partial charge in [0.15, 0.2) is 0 Å². The Labute approximate surface area is 191 Å². The van der Waals surface area contributed by atoms with Crippen molar-refractivity contribution in [3.8, 4) is 0 Å². The van der Waals surface area contributed by atoms with Gasteiger partial charge in [-0.25, -0.2) is 0 Å². The summed E-state index contributed by atoms with van der Waals surface area (Å²) in [5.74, 6) is 1.73. The number of hydrogen-bond donors (Lipinski definition) is 4. The molecule has 6 nitrogen and oxygen atoms in total. The monoisotopic (exact) mass is 449 g/mol. The van der Waals surface area contributed by atoms with Crippen LogP contribution >= 0.6 is 11.8 Å². The number of rotatable bonds is 9. The number of fused-ring (bicyclic) bond motifs is 1. The van der Waals surface area contributed by atoms with Crippen molar-refractivity contribution in [2.45, 2.75) is 74.6 Å². The van der Waals surface area contributed by atoms with Gasteiger partial charge in [-0.2, -0.15) is 0 Å². The van der Waals surface area contributed by atoms with Crippen molar-refractivity contribution in [2.24, 2.45) is 17.6 Å². The van der Waals surface area contributed by atoms with Crippen molar-refractivity contribution in [2.75, 3.05) is 25.4 Å². The van der Waals surface area contributed by atoms with E-state index in [1.54, 1.807) is 11.8 Å². The topological polar surface area (TPSA) is 98.8 Å². The van der Waals surface area contributed by atoms with Crippen LogP contribution in [-0.2, 0) is 4.79 Å². The lowest BCUT2D eigenvalue weighted by atomic mass is 9.72. The molecule has 1 amide bonds. The lowest BCUT2D eigenvalue weighted by molar-refractivity contribution is -0.133. The Morgan fingerprint density at radius 1 is 1.26 bits per heavy atom. The van der Waals surface area contributed by atoms with Crippen LogP contribution in [0.25, 0.3) is 0 Å². The maximum atomic E-state index is 13.1. The summed E-state index contributed by atoms with van der Waals surface area (Å²) in [5.41, 5.74) is 5.67. The van der Waals surface area contributed by atoms with E-state index >= 15 is 0 Å². The summed E-state index contributed by atoms with van der Waals surface area (Å²) in [6.07, 6.45) is 4.99. The lowest BCUT2D eigenvalue weighted by Gasteiger charge is -2.47. The number of nitrogens with zero attached hydrogens (tertiary/aromatic N) is 1. The molecule has 2 fully saturated rings. The summed E-state index contributed by atoms with van der Waals surface area (Å²) >= 11 is 1.64.